The van der Waals surface area contributed by atoms with E-state index in [9.17, 15) is 32.9 Å². The van der Waals surface area contributed by atoms with Gasteiger partial charge in [-0.15, -0.1) is 0 Å². The van der Waals surface area contributed by atoms with Crippen molar-refractivity contribution in [1.29, 1.82) is 5.26 Å². The Balaban J connectivity index is 2.63. The minimum atomic E-state index is -4.73. The van der Waals surface area contributed by atoms with Crippen LogP contribution in [0.25, 0.3) is 0 Å². The lowest BCUT2D eigenvalue weighted by molar-refractivity contribution is -0.384. The third-order valence-electron chi connectivity index (χ3n) is 3.76. The molecule has 0 saturated carbocycles. The molecule has 0 aliphatic carbocycles. The van der Waals surface area contributed by atoms with E-state index in [-0.39, 0.29) is 31.6 Å². The molecule has 0 spiro atoms. The highest BCUT2D eigenvalue weighted by Gasteiger charge is 2.33. The maximum Gasteiger partial charge on any atom is 0.416 e. The maximum atomic E-state index is 12.7. The molecule has 0 aliphatic heterocycles. The smallest absolute Gasteiger partial charge is 0.416 e. The van der Waals surface area contributed by atoms with Crippen LogP contribution in [0.2, 0.25) is 0 Å². The molecule has 1 atom stereocenters. The molecular formula is C17H19F3N4O5. The third-order valence-corrected chi connectivity index (χ3v) is 3.76. The third kappa shape index (κ3) is 7.28. The molecule has 1 aromatic rings. The number of carbonyl (C=O) groups excluding carboxylic acids is 2. The van der Waals surface area contributed by atoms with E-state index in [1.807, 2.05) is 6.07 Å². The number of likely N-dealkylation sites (N-methyl/N-ethyl adjacent to an activating group) is 1. The number of benzene rings is 1. The van der Waals surface area contributed by atoms with Crippen molar-refractivity contribution < 1.29 is 32.4 Å². The van der Waals surface area contributed by atoms with Gasteiger partial charge in [0.25, 0.3) is 11.6 Å². The van der Waals surface area contributed by atoms with Crippen LogP contribution in [-0.4, -0.2) is 47.9 Å². The van der Waals surface area contributed by atoms with E-state index in [2.05, 4.69) is 5.32 Å². The fourth-order valence-electron chi connectivity index (χ4n) is 2.25. The van der Waals surface area contributed by atoms with E-state index in [0.717, 1.165) is 6.07 Å². The topological polar surface area (TPSA) is 126 Å². The summed E-state index contributed by atoms with van der Waals surface area (Å²) >= 11 is 0. The van der Waals surface area contributed by atoms with Crippen LogP contribution in [-0.2, 0) is 20.5 Å². The first-order chi connectivity index (χ1) is 13.5. The van der Waals surface area contributed by atoms with Gasteiger partial charge in [-0.3, -0.25) is 19.7 Å². The summed E-state index contributed by atoms with van der Waals surface area (Å²) in [7, 11) is 1.45. The van der Waals surface area contributed by atoms with Gasteiger partial charge in [-0.25, -0.2) is 0 Å². The number of amides is 1. The predicted octanol–water partition coefficient (Wildman–Crippen LogP) is 2.72. The molecule has 0 unspecified atom stereocenters. The minimum absolute atomic E-state index is 0.124. The van der Waals surface area contributed by atoms with Crippen molar-refractivity contribution in [3.8, 4) is 6.07 Å². The molecule has 12 heteroatoms. The summed E-state index contributed by atoms with van der Waals surface area (Å²) < 4.78 is 43.0. The van der Waals surface area contributed by atoms with E-state index in [1.54, 1.807) is 0 Å². The van der Waals surface area contributed by atoms with Gasteiger partial charge < -0.3 is 15.0 Å². The number of anilines is 1. The van der Waals surface area contributed by atoms with Gasteiger partial charge in [0.1, 0.15) is 5.69 Å². The Morgan fingerprint density at radius 2 is 2.07 bits per heavy atom. The number of esters is 1. The fraction of sp³-hybridized carbons (Fsp3) is 0.471. The molecule has 1 aromatic carbocycles. The average molecular weight is 416 g/mol. The van der Waals surface area contributed by atoms with Gasteiger partial charge in [0.2, 0.25) is 0 Å². The molecule has 0 fully saturated rings. The molecule has 0 aromatic heterocycles. The van der Waals surface area contributed by atoms with Crippen LogP contribution >= 0.6 is 0 Å². The summed E-state index contributed by atoms with van der Waals surface area (Å²) in [5, 5.41) is 22.0. The normalized spacial score (nSPS) is 11.9. The SMILES string of the molecule is C[C@H](OC(=O)CCNc1ccc(C(F)(F)F)cc1[N+](=O)[O-])C(=O)N(C)CCC#N. The van der Waals surface area contributed by atoms with E-state index < -0.39 is 40.3 Å². The summed E-state index contributed by atoms with van der Waals surface area (Å²) in [5.74, 6) is -1.28. The minimum Gasteiger partial charge on any atom is -0.452 e. The first-order valence-electron chi connectivity index (χ1n) is 8.38. The van der Waals surface area contributed by atoms with Crippen molar-refractivity contribution in [3.63, 3.8) is 0 Å². The molecule has 0 bridgehead atoms. The van der Waals surface area contributed by atoms with Crippen molar-refractivity contribution in [2.75, 3.05) is 25.5 Å². The zero-order valence-electron chi connectivity index (χ0n) is 15.7. The molecule has 158 valence electrons. The maximum absolute atomic E-state index is 12.7. The van der Waals surface area contributed by atoms with Crippen LogP contribution in [0.5, 0.6) is 0 Å². The highest BCUT2D eigenvalue weighted by atomic mass is 19.4. The number of nitrogens with zero attached hydrogens (tertiary/aromatic N) is 3. The second-order valence-corrected chi connectivity index (χ2v) is 5.96. The van der Waals surface area contributed by atoms with Crippen molar-refractivity contribution in [2.45, 2.75) is 32.0 Å². The number of nitriles is 1. The Kier molecular flexibility index (Phi) is 8.38. The van der Waals surface area contributed by atoms with Gasteiger partial charge in [-0.2, -0.15) is 18.4 Å². The van der Waals surface area contributed by atoms with Crippen LogP contribution in [0, 0.1) is 21.4 Å². The van der Waals surface area contributed by atoms with Crippen LogP contribution in [0.3, 0.4) is 0 Å². The Labute approximate surface area is 164 Å². The summed E-state index contributed by atoms with van der Waals surface area (Å²) in [4.78, 5) is 35.1. The number of ether oxygens (including phenoxy) is 1. The standard InChI is InChI=1S/C17H19F3N4O5/c1-11(16(26)23(2)9-3-7-21)29-15(25)6-8-22-13-5-4-12(17(18,19)20)10-14(13)24(27)28/h4-5,10-11,22H,3,6,8-9H2,1-2H3/t11-/m0/s1. The number of hydrogen-bond acceptors (Lipinski definition) is 7. The van der Waals surface area contributed by atoms with E-state index in [4.69, 9.17) is 10.00 Å². The van der Waals surface area contributed by atoms with Crippen LogP contribution in [0.4, 0.5) is 24.5 Å². The number of carbonyl (C=O) groups is 2. The number of rotatable bonds is 9. The number of nitrogens with one attached hydrogen (secondary N) is 1. The fourth-order valence-corrected chi connectivity index (χ4v) is 2.25. The highest BCUT2D eigenvalue weighted by molar-refractivity contribution is 5.83. The van der Waals surface area contributed by atoms with Crippen LogP contribution in [0.1, 0.15) is 25.3 Å². The number of nitro benzene ring substituents is 1. The Hall–Kier alpha value is -3.36. The molecule has 1 rings (SSSR count). The molecule has 29 heavy (non-hydrogen) atoms. The molecular weight excluding hydrogens is 397 g/mol. The zero-order valence-corrected chi connectivity index (χ0v) is 15.7. The van der Waals surface area contributed by atoms with Gasteiger partial charge in [0.15, 0.2) is 6.10 Å². The van der Waals surface area contributed by atoms with E-state index >= 15 is 0 Å². The molecule has 9 nitrogen and oxygen atoms in total. The molecule has 0 heterocycles. The number of alkyl halides is 3. The Bertz CT molecular complexity index is 807. The predicted molar refractivity (Wildman–Crippen MR) is 94.6 cm³/mol. The van der Waals surface area contributed by atoms with Crippen molar-refractivity contribution in [3.05, 3.63) is 33.9 Å². The Morgan fingerprint density at radius 1 is 1.41 bits per heavy atom. The average Bonchev–Trinajstić information content (AvgIpc) is 2.64. The van der Waals surface area contributed by atoms with E-state index in [1.165, 1.54) is 18.9 Å². The molecule has 0 radical (unpaired) electrons. The molecule has 1 N–H and O–H groups in total. The largest absolute Gasteiger partial charge is 0.452 e. The first kappa shape index (κ1) is 23.7. The monoisotopic (exact) mass is 416 g/mol. The van der Waals surface area contributed by atoms with Crippen molar-refractivity contribution in [1.82, 2.24) is 4.90 Å². The second kappa shape index (κ2) is 10.3. The van der Waals surface area contributed by atoms with Crippen LogP contribution < -0.4 is 5.32 Å². The first-order valence-corrected chi connectivity index (χ1v) is 8.38. The summed E-state index contributed by atoms with van der Waals surface area (Å²) in [6.07, 6.45) is -5.97. The molecule has 0 saturated heterocycles. The number of halogens is 3. The van der Waals surface area contributed by atoms with Crippen molar-refractivity contribution in [2.24, 2.45) is 0 Å². The number of hydrogen-bond donors (Lipinski definition) is 1. The van der Waals surface area contributed by atoms with E-state index in [0.29, 0.717) is 12.1 Å². The number of nitro groups is 1. The van der Waals surface area contributed by atoms with Gasteiger partial charge in [-0.1, -0.05) is 0 Å². The summed E-state index contributed by atoms with van der Waals surface area (Å²) in [6, 6.07) is 3.87. The molecule has 1 amide bonds. The van der Waals surface area contributed by atoms with Crippen LogP contribution in [0.15, 0.2) is 18.2 Å². The highest BCUT2D eigenvalue weighted by Crippen LogP contribution is 2.34. The zero-order chi connectivity index (χ0) is 22.2. The van der Waals surface area contributed by atoms with Gasteiger partial charge in [0, 0.05) is 26.2 Å². The lowest BCUT2D eigenvalue weighted by Crippen LogP contribution is -2.38. The lowest BCUT2D eigenvalue weighted by Gasteiger charge is -2.20. The summed E-state index contributed by atoms with van der Waals surface area (Å²) in [6.45, 7) is 1.38. The molecule has 0 aliphatic rings. The van der Waals surface area contributed by atoms with Gasteiger partial charge in [-0.05, 0) is 19.1 Å². The van der Waals surface area contributed by atoms with Gasteiger partial charge in [0.05, 0.1) is 29.4 Å². The summed E-state index contributed by atoms with van der Waals surface area (Å²) in [5.41, 5.74) is -2.13. The second-order valence-electron chi connectivity index (χ2n) is 5.96. The lowest BCUT2D eigenvalue weighted by atomic mass is 10.1. The van der Waals surface area contributed by atoms with Crippen molar-refractivity contribution >= 4 is 23.3 Å². The Morgan fingerprint density at radius 3 is 2.62 bits per heavy atom. The van der Waals surface area contributed by atoms with Gasteiger partial charge >= 0.3 is 12.1 Å². The quantitative estimate of drug-likeness (QED) is 0.373.